The number of carbonyl (C=O) groups excluding carboxylic acids is 1. The second kappa shape index (κ2) is 11.8. The van der Waals surface area contributed by atoms with Gasteiger partial charge < -0.3 is 9.64 Å². The van der Waals surface area contributed by atoms with E-state index in [0.717, 1.165) is 17.7 Å². The maximum Gasteiger partial charge on any atom is 0.243 e. The second-order valence-corrected chi connectivity index (χ2v) is 12.9. The Morgan fingerprint density at radius 3 is 2.51 bits per heavy atom. The zero-order valence-corrected chi connectivity index (χ0v) is 24.4. The Labute approximate surface area is 244 Å². The number of aromatic nitrogens is 3. The number of hydrogen-bond acceptors (Lipinski definition) is 7. The lowest BCUT2D eigenvalue weighted by Crippen LogP contribution is -2.40. The van der Waals surface area contributed by atoms with Gasteiger partial charge in [-0.3, -0.25) is 9.36 Å². The van der Waals surface area contributed by atoms with Gasteiger partial charge in [-0.05, 0) is 42.7 Å². The Kier molecular flexibility index (Phi) is 7.94. The van der Waals surface area contributed by atoms with Crippen molar-refractivity contribution in [1.82, 2.24) is 19.1 Å². The van der Waals surface area contributed by atoms with Gasteiger partial charge in [0.1, 0.15) is 0 Å². The smallest absolute Gasteiger partial charge is 0.243 e. The molecule has 2 aliphatic rings. The molecule has 1 amide bonds. The minimum Gasteiger partial charge on any atom is -0.379 e. The summed E-state index contributed by atoms with van der Waals surface area (Å²) in [5.74, 6) is 0.767. The number of thioether (sulfide) groups is 1. The molecule has 0 bridgehead atoms. The van der Waals surface area contributed by atoms with Gasteiger partial charge in [0.2, 0.25) is 15.9 Å². The van der Waals surface area contributed by atoms with Crippen molar-refractivity contribution in [2.45, 2.75) is 29.4 Å². The Morgan fingerprint density at radius 1 is 0.951 bits per heavy atom. The summed E-state index contributed by atoms with van der Waals surface area (Å²) >= 11 is 1.35. The fraction of sp³-hybridized carbons (Fsp3) is 0.300. The first-order chi connectivity index (χ1) is 19.9. The van der Waals surface area contributed by atoms with Gasteiger partial charge in [0.05, 0.1) is 29.9 Å². The van der Waals surface area contributed by atoms with Gasteiger partial charge in [-0.1, -0.05) is 72.4 Å². The van der Waals surface area contributed by atoms with E-state index < -0.39 is 10.0 Å². The molecule has 11 heteroatoms. The van der Waals surface area contributed by atoms with Crippen molar-refractivity contribution in [2.24, 2.45) is 0 Å². The van der Waals surface area contributed by atoms with Crippen LogP contribution < -0.4 is 4.90 Å². The molecular weight excluding hydrogens is 558 g/mol. The molecule has 212 valence electrons. The summed E-state index contributed by atoms with van der Waals surface area (Å²) < 4.78 is 35.6. The van der Waals surface area contributed by atoms with Crippen molar-refractivity contribution < 1.29 is 17.9 Å². The third kappa shape index (κ3) is 5.54. The summed E-state index contributed by atoms with van der Waals surface area (Å²) in [4.78, 5) is 15.3. The number of hydrogen-bond donors (Lipinski definition) is 0. The first-order valence-corrected chi connectivity index (χ1v) is 16.1. The molecule has 3 heterocycles. The van der Waals surface area contributed by atoms with Gasteiger partial charge in [0, 0.05) is 30.9 Å². The monoisotopic (exact) mass is 589 g/mol. The maximum atomic E-state index is 13.4. The van der Waals surface area contributed by atoms with E-state index in [-0.39, 0.29) is 22.6 Å². The number of rotatable bonds is 8. The number of para-hydroxylation sites is 1. The Bertz CT molecular complexity index is 1650. The predicted molar refractivity (Wildman–Crippen MR) is 159 cm³/mol. The SMILES string of the molecule is C[C@@H](c1ccccc1)n1c(SCC(=O)N2CCc3ccccc32)nnc1-c1cccc(S(=O)(=O)N2CCOCC2)c1. The molecule has 0 radical (unpaired) electrons. The van der Waals surface area contributed by atoms with Gasteiger partial charge in [-0.25, -0.2) is 8.42 Å². The highest BCUT2D eigenvalue weighted by Gasteiger charge is 2.29. The molecule has 0 N–H and O–H groups in total. The van der Waals surface area contributed by atoms with Crippen LogP contribution in [0.1, 0.15) is 24.1 Å². The average molecular weight is 590 g/mol. The molecule has 1 saturated heterocycles. The van der Waals surface area contributed by atoms with Crippen LogP contribution in [0.25, 0.3) is 11.4 Å². The summed E-state index contributed by atoms with van der Waals surface area (Å²) in [5, 5.41) is 9.61. The van der Waals surface area contributed by atoms with Crippen LogP contribution in [0.4, 0.5) is 5.69 Å². The molecule has 41 heavy (non-hydrogen) atoms. The summed E-state index contributed by atoms with van der Waals surface area (Å²) in [6, 6.07) is 24.7. The second-order valence-electron chi connectivity index (χ2n) is 10.0. The van der Waals surface area contributed by atoms with E-state index in [2.05, 4.69) is 23.2 Å². The molecule has 0 spiro atoms. The van der Waals surface area contributed by atoms with Crippen LogP contribution in [0.2, 0.25) is 0 Å². The summed E-state index contributed by atoms with van der Waals surface area (Å²) in [5.41, 5.74) is 3.84. The van der Waals surface area contributed by atoms with Crippen LogP contribution in [-0.2, 0) is 26.0 Å². The van der Waals surface area contributed by atoms with Crippen molar-refractivity contribution in [3.8, 4) is 11.4 Å². The number of amides is 1. The lowest BCUT2D eigenvalue weighted by atomic mass is 10.1. The standard InChI is InChI=1S/C30H31N5O4S2/c1-22(23-8-3-2-4-9-23)35-29(25-11-7-12-26(20-25)41(37,38)33-16-18-39-19-17-33)31-32-30(35)40-21-28(36)34-15-14-24-10-5-6-13-27(24)34/h2-13,20,22H,14-19,21H2,1H3/t22-/m0/s1. The Balaban J connectivity index is 1.32. The topological polar surface area (TPSA) is 97.6 Å². The lowest BCUT2D eigenvalue weighted by molar-refractivity contribution is -0.116. The Morgan fingerprint density at radius 2 is 1.71 bits per heavy atom. The van der Waals surface area contributed by atoms with Crippen LogP contribution in [-0.4, -0.2) is 72.0 Å². The van der Waals surface area contributed by atoms with E-state index in [1.54, 1.807) is 18.2 Å². The third-order valence-corrected chi connectivity index (χ3v) is 10.4. The highest BCUT2D eigenvalue weighted by molar-refractivity contribution is 7.99. The molecule has 1 fully saturated rings. The van der Waals surface area contributed by atoms with E-state index in [0.29, 0.717) is 49.4 Å². The molecule has 9 nitrogen and oxygen atoms in total. The van der Waals surface area contributed by atoms with Gasteiger partial charge in [0.15, 0.2) is 11.0 Å². The number of anilines is 1. The first kappa shape index (κ1) is 27.6. The fourth-order valence-corrected chi connectivity index (χ4v) is 7.68. The number of carbonyl (C=O) groups is 1. The predicted octanol–water partition coefficient (Wildman–Crippen LogP) is 4.26. The molecule has 0 saturated carbocycles. The fourth-order valence-electron chi connectivity index (χ4n) is 5.34. The van der Waals surface area contributed by atoms with Crippen LogP contribution >= 0.6 is 11.8 Å². The van der Waals surface area contributed by atoms with Crippen molar-refractivity contribution in [3.63, 3.8) is 0 Å². The van der Waals surface area contributed by atoms with Crippen molar-refractivity contribution >= 4 is 33.4 Å². The van der Waals surface area contributed by atoms with Crippen LogP contribution in [0.15, 0.2) is 88.9 Å². The highest BCUT2D eigenvalue weighted by atomic mass is 32.2. The van der Waals surface area contributed by atoms with Crippen molar-refractivity contribution in [2.75, 3.05) is 43.5 Å². The summed E-state index contributed by atoms with van der Waals surface area (Å²) in [6.45, 7) is 4.13. The number of ether oxygens (including phenoxy) is 1. The maximum absolute atomic E-state index is 13.4. The zero-order valence-electron chi connectivity index (χ0n) is 22.7. The molecule has 0 unspecified atom stereocenters. The average Bonchev–Trinajstić information content (AvgIpc) is 3.65. The third-order valence-electron chi connectivity index (χ3n) is 7.55. The van der Waals surface area contributed by atoms with E-state index >= 15 is 0 Å². The molecule has 4 aromatic rings. The van der Waals surface area contributed by atoms with Crippen LogP contribution in [0.5, 0.6) is 0 Å². The molecule has 1 atom stereocenters. The number of sulfonamides is 1. The quantitative estimate of drug-likeness (QED) is 0.284. The lowest BCUT2D eigenvalue weighted by Gasteiger charge is -2.26. The number of benzene rings is 3. The van der Waals surface area contributed by atoms with Crippen molar-refractivity contribution in [3.05, 3.63) is 90.0 Å². The number of morpholine rings is 1. The molecular formula is C30H31N5O4S2. The minimum atomic E-state index is -3.69. The largest absolute Gasteiger partial charge is 0.379 e. The van der Waals surface area contributed by atoms with E-state index in [1.165, 1.54) is 21.6 Å². The molecule has 3 aromatic carbocycles. The molecule has 2 aliphatic heterocycles. The van der Waals surface area contributed by atoms with E-state index in [4.69, 9.17) is 4.74 Å². The van der Waals surface area contributed by atoms with Gasteiger partial charge in [-0.2, -0.15) is 4.31 Å². The summed E-state index contributed by atoms with van der Waals surface area (Å²) in [6.07, 6.45) is 0.849. The molecule has 0 aliphatic carbocycles. The molecule has 1 aromatic heterocycles. The highest BCUT2D eigenvalue weighted by Crippen LogP contribution is 2.34. The molecule has 6 rings (SSSR count). The van der Waals surface area contributed by atoms with Crippen molar-refractivity contribution in [1.29, 1.82) is 0 Å². The Hall–Kier alpha value is -3.51. The van der Waals surface area contributed by atoms with Crippen LogP contribution in [0, 0.1) is 0 Å². The number of nitrogens with zero attached hydrogens (tertiary/aromatic N) is 5. The summed E-state index contributed by atoms with van der Waals surface area (Å²) in [7, 11) is -3.69. The number of fused-ring (bicyclic) bond motifs is 1. The first-order valence-electron chi connectivity index (χ1n) is 13.6. The van der Waals surface area contributed by atoms with Gasteiger partial charge in [0.25, 0.3) is 0 Å². The van der Waals surface area contributed by atoms with Gasteiger partial charge in [-0.15, -0.1) is 10.2 Å². The normalized spacial score (nSPS) is 16.5. The van der Waals surface area contributed by atoms with Gasteiger partial charge >= 0.3 is 0 Å². The van der Waals surface area contributed by atoms with Crippen LogP contribution in [0.3, 0.4) is 0 Å². The van der Waals surface area contributed by atoms with E-state index in [9.17, 15) is 13.2 Å². The minimum absolute atomic E-state index is 0.0158. The zero-order chi connectivity index (χ0) is 28.4. The van der Waals surface area contributed by atoms with E-state index in [1.807, 2.05) is 64.1 Å².